The first-order chi connectivity index (χ1) is 7.22. The Hall–Kier alpha value is -0.960. The van der Waals surface area contributed by atoms with Crippen LogP contribution in [0.1, 0.15) is 29.8 Å². The minimum Gasteiger partial charge on any atom is -0.459 e. The van der Waals surface area contributed by atoms with Crippen LogP contribution >= 0.6 is 11.8 Å². The van der Waals surface area contributed by atoms with Crippen LogP contribution in [0.25, 0.3) is 0 Å². The molecule has 3 heteroatoms. The standard InChI is InChI=1S/C12H14O2S/c1-3-15-10-6-4-5-9-7-8(2)14-12(13)11(9)10/h4-6,8H,3,7H2,1-2H3. The molecule has 0 bridgehead atoms. The number of thioether (sulfide) groups is 1. The Kier molecular flexibility index (Phi) is 3.00. The zero-order valence-corrected chi connectivity index (χ0v) is 9.76. The Bertz CT molecular complexity index is 373. The number of hydrogen-bond acceptors (Lipinski definition) is 3. The van der Waals surface area contributed by atoms with Gasteiger partial charge in [0.1, 0.15) is 6.10 Å². The zero-order chi connectivity index (χ0) is 10.8. The number of hydrogen-bond donors (Lipinski definition) is 0. The second-order valence-corrected chi connectivity index (χ2v) is 4.95. The highest BCUT2D eigenvalue weighted by Gasteiger charge is 2.25. The topological polar surface area (TPSA) is 26.3 Å². The maximum absolute atomic E-state index is 11.8. The van der Waals surface area contributed by atoms with Crippen LogP contribution in [-0.2, 0) is 11.2 Å². The predicted molar refractivity (Wildman–Crippen MR) is 61.4 cm³/mol. The molecule has 0 N–H and O–H groups in total. The van der Waals surface area contributed by atoms with Crippen LogP contribution in [0.3, 0.4) is 0 Å². The average Bonchev–Trinajstić information content (AvgIpc) is 2.17. The first-order valence-corrected chi connectivity index (χ1v) is 6.16. The van der Waals surface area contributed by atoms with Gasteiger partial charge >= 0.3 is 5.97 Å². The van der Waals surface area contributed by atoms with Gasteiger partial charge < -0.3 is 4.74 Å². The van der Waals surface area contributed by atoms with Crippen LogP contribution in [0.15, 0.2) is 23.1 Å². The smallest absolute Gasteiger partial charge is 0.339 e. The third kappa shape index (κ3) is 2.02. The van der Waals surface area contributed by atoms with E-state index in [0.717, 1.165) is 28.2 Å². The van der Waals surface area contributed by atoms with Crippen LogP contribution in [0.2, 0.25) is 0 Å². The van der Waals surface area contributed by atoms with Crippen molar-refractivity contribution in [2.24, 2.45) is 0 Å². The number of esters is 1. The Labute approximate surface area is 94.0 Å². The SMILES string of the molecule is CCSc1cccc2c1C(=O)OC(C)C2. The summed E-state index contributed by atoms with van der Waals surface area (Å²) in [7, 11) is 0. The molecule has 1 aromatic rings. The maximum Gasteiger partial charge on any atom is 0.339 e. The summed E-state index contributed by atoms with van der Waals surface area (Å²) in [5.74, 6) is 0.805. The van der Waals surface area contributed by atoms with E-state index in [2.05, 4.69) is 6.92 Å². The molecule has 1 aliphatic heterocycles. The van der Waals surface area contributed by atoms with Gasteiger partial charge in [-0.3, -0.25) is 0 Å². The van der Waals surface area contributed by atoms with Gasteiger partial charge in [-0.1, -0.05) is 19.1 Å². The fourth-order valence-electron chi connectivity index (χ4n) is 1.85. The maximum atomic E-state index is 11.8. The summed E-state index contributed by atoms with van der Waals surface area (Å²) in [6.07, 6.45) is 0.839. The van der Waals surface area contributed by atoms with Gasteiger partial charge in [0.25, 0.3) is 0 Å². The molecule has 0 aromatic heterocycles. The Morgan fingerprint density at radius 3 is 3.07 bits per heavy atom. The van der Waals surface area contributed by atoms with E-state index in [9.17, 15) is 4.79 Å². The van der Waals surface area contributed by atoms with Crippen molar-refractivity contribution in [3.8, 4) is 0 Å². The molecular formula is C12H14O2S. The second-order valence-electron chi connectivity index (χ2n) is 3.64. The van der Waals surface area contributed by atoms with Gasteiger partial charge in [0, 0.05) is 11.3 Å². The number of ether oxygens (including phenoxy) is 1. The van der Waals surface area contributed by atoms with Gasteiger partial charge in [-0.2, -0.15) is 0 Å². The van der Waals surface area contributed by atoms with Crippen LogP contribution in [-0.4, -0.2) is 17.8 Å². The number of fused-ring (bicyclic) bond motifs is 1. The molecule has 1 atom stereocenters. The van der Waals surface area contributed by atoms with E-state index in [1.165, 1.54) is 0 Å². The Morgan fingerprint density at radius 2 is 2.33 bits per heavy atom. The molecule has 0 aliphatic carbocycles. The largest absolute Gasteiger partial charge is 0.459 e. The zero-order valence-electron chi connectivity index (χ0n) is 8.95. The van der Waals surface area contributed by atoms with Crippen molar-refractivity contribution in [2.75, 3.05) is 5.75 Å². The third-order valence-electron chi connectivity index (χ3n) is 2.43. The van der Waals surface area contributed by atoms with Crippen molar-refractivity contribution in [1.82, 2.24) is 0 Å². The van der Waals surface area contributed by atoms with Crippen LogP contribution in [0.4, 0.5) is 0 Å². The van der Waals surface area contributed by atoms with Gasteiger partial charge in [-0.25, -0.2) is 4.79 Å². The van der Waals surface area contributed by atoms with Gasteiger partial charge in [-0.05, 0) is 24.3 Å². The lowest BCUT2D eigenvalue weighted by Crippen LogP contribution is -2.25. The normalized spacial score (nSPS) is 19.6. The lowest BCUT2D eigenvalue weighted by Gasteiger charge is -2.23. The van der Waals surface area contributed by atoms with Crippen molar-refractivity contribution in [3.05, 3.63) is 29.3 Å². The van der Waals surface area contributed by atoms with Crippen LogP contribution in [0, 0.1) is 0 Å². The van der Waals surface area contributed by atoms with Crippen LogP contribution < -0.4 is 0 Å². The van der Waals surface area contributed by atoms with Crippen LogP contribution in [0.5, 0.6) is 0 Å². The number of carbonyl (C=O) groups is 1. The van der Waals surface area contributed by atoms with E-state index in [4.69, 9.17) is 4.74 Å². The number of rotatable bonds is 2. The molecule has 2 rings (SSSR count). The quantitative estimate of drug-likeness (QED) is 0.568. The van der Waals surface area contributed by atoms with Gasteiger partial charge in [0.05, 0.1) is 5.56 Å². The lowest BCUT2D eigenvalue weighted by molar-refractivity contribution is 0.0296. The van der Waals surface area contributed by atoms with E-state index >= 15 is 0 Å². The predicted octanol–water partition coefficient (Wildman–Crippen LogP) is 2.90. The summed E-state index contributed by atoms with van der Waals surface area (Å²) in [6.45, 7) is 4.02. The highest BCUT2D eigenvalue weighted by molar-refractivity contribution is 7.99. The minimum atomic E-state index is -0.166. The molecule has 0 saturated carbocycles. The van der Waals surface area contributed by atoms with E-state index in [1.807, 2.05) is 25.1 Å². The summed E-state index contributed by atoms with van der Waals surface area (Å²) >= 11 is 1.69. The number of benzene rings is 1. The molecule has 1 aromatic carbocycles. The monoisotopic (exact) mass is 222 g/mol. The van der Waals surface area contributed by atoms with Crippen molar-refractivity contribution >= 4 is 17.7 Å². The van der Waals surface area contributed by atoms with Crippen molar-refractivity contribution in [3.63, 3.8) is 0 Å². The summed E-state index contributed by atoms with van der Waals surface area (Å²) in [5, 5.41) is 0. The summed E-state index contributed by atoms with van der Waals surface area (Å²) < 4.78 is 5.25. The summed E-state index contributed by atoms with van der Waals surface area (Å²) in [5.41, 5.74) is 1.90. The summed E-state index contributed by atoms with van der Waals surface area (Å²) in [4.78, 5) is 12.8. The molecule has 0 amide bonds. The molecule has 0 spiro atoms. The molecule has 0 saturated heterocycles. The van der Waals surface area contributed by atoms with E-state index in [1.54, 1.807) is 11.8 Å². The molecule has 1 unspecified atom stereocenters. The molecule has 15 heavy (non-hydrogen) atoms. The fourth-order valence-corrected chi connectivity index (χ4v) is 2.69. The first kappa shape index (κ1) is 10.6. The third-order valence-corrected chi connectivity index (χ3v) is 3.37. The van der Waals surface area contributed by atoms with Gasteiger partial charge in [0.15, 0.2) is 0 Å². The second kappa shape index (κ2) is 4.27. The highest BCUT2D eigenvalue weighted by atomic mass is 32.2. The first-order valence-electron chi connectivity index (χ1n) is 5.18. The molecule has 2 nitrogen and oxygen atoms in total. The fraction of sp³-hybridized carbons (Fsp3) is 0.417. The molecular weight excluding hydrogens is 208 g/mol. The van der Waals surface area contributed by atoms with E-state index < -0.39 is 0 Å². The van der Waals surface area contributed by atoms with Crippen molar-refractivity contribution in [2.45, 2.75) is 31.3 Å². The lowest BCUT2D eigenvalue weighted by atomic mass is 9.99. The Morgan fingerprint density at radius 1 is 1.53 bits per heavy atom. The highest BCUT2D eigenvalue weighted by Crippen LogP contribution is 2.30. The van der Waals surface area contributed by atoms with Gasteiger partial charge in [0.2, 0.25) is 0 Å². The molecule has 1 heterocycles. The minimum absolute atomic E-state index is 0.00637. The van der Waals surface area contributed by atoms with E-state index in [-0.39, 0.29) is 12.1 Å². The summed E-state index contributed by atoms with van der Waals surface area (Å²) in [6, 6.07) is 6.03. The average molecular weight is 222 g/mol. The molecule has 1 aliphatic rings. The van der Waals surface area contributed by atoms with Crippen molar-refractivity contribution in [1.29, 1.82) is 0 Å². The molecule has 0 radical (unpaired) electrons. The Balaban J connectivity index is 2.45. The number of carbonyl (C=O) groups excluding carboxylic acids is 1. The van der Waals surface area contributed by atoms with Crippen molar-refractivity contribution < 1.29 is 9.53 Å². The number of cyclic esters (lactones) is 1. The van der Waals surface area contributed by atoms with E-state index in [0.29, 0.717) is 0 Å². The van der Waals surface area contributed by atoms with Gasteiger partial charge in [-0.15, -0.1) is 11.8 Å². The molecule has 0 fully saturated rings. The molecule has 80 valence electrons.